The number of hydrogen-bond acceptors (Lipinski definition) is 2. The van der Waals surface area contributed by atoms with Gasteiger partial charge in [0.25, 0.3) is 0 Å². The predicted octanol–water partition coefficient (Wildman–Crippen LogP) is 3.30. The van der Waals surface area contributed by atoms with E-state index in [1.54, 1.807) is 12.3 Å². The van der Waals surface area contributed by atoms with Gasteiger partial charge in [-0.05, 0) is 42.3 Å². The Kier molecular flexibility index (Phi) is 4.45. The maximum atomic E-state index is 11.8. The topological polar surface area (TPSA) is 42.0 Å². The highest BCUT2D eigenvalue weighted by atomic mass is 16.1. The summed E-state index contributed by atoms with van der Waals surface area (Å²) in [6.45, 7) is 2.09. The van der Waals surface area contributed by atoms with Crippen molar-refractivity contribution in [3.63, 3.8) is 0 Å². The molecular weight excluding hydrogens is 236 g/mol. The number of hydrogen-bond donors (Lipinski definition) is 1. The molecular formula is C16H16N2O. The van der Waals surface area contributed by atoms with E-state index in [0.717, 1.165) is 17.8 Å². The van der Waals surface area contributed by atoms with Crippen molar-refractivity contribution in [2.75, 3.05) is 5.32 Å². The first-order chi connectivity index (χ1) is 9.28. The lowest BCUT2D eigenvalue weighted by Crippen LogP contribution is -2.07. The van der Waals surface area contributed by atoms with Gasteiger partial charge in [-0.3, -0.25) is 9.78 Å². The fraction of sp³-hybridized carbons (Fsp3) is 0.125. The van der Waals surface area contributed by atoms with Crippen molar-refractivity contribution in [1.82, 2.24) is 4.98 Å². The summed E-state index contributed by atoms with van der Waals surface area (Å²) in [7, 11) is 0. The molecule has 96 valence electrons. The van der Waals surface area contributed by atoms with E-state index in [9.17, 15) is 4.79 Å². The normalized spacial score (nSPS) is 10.6. The van der Waals surface area contributed by atoms with Gasteiger partial charge in [0.1, 0.15) is 0 Å². The second-order valence-electron chi connectivity index (χ2n) is 4.13. The molecule has 3 heteroatoms. The summed E-state index contributed by atoms with van der Waals surface area (Å²) in [6, 6.07) is 13.4. The zero-order valence-electron chi connectivity index (χ0n) is 10.8. The van der Waals surface area contributed by atoms with Gasteiger partial charge in [0.05, 0.1) is 5.69 Å². The van der Waals surface area contributed by atoms with Crippen LogP contribution in [-0.4, -0.2) is 10.9 Å². The Balaban J connectivity index is 1.99. The smallest absolute Gasteiger partial charge is 0.248 e. The molecule has 2 aromatic rings. The number of rotatable bonds is 4. The standard InChI is InChI=1S/C16H16N2O/c1-2-13-6-5-8-15(12-13)18-16(19)10-9-14-7-3-4-11-17-14/h3-12H,2H2,1H3,(H,18,19)/b10-9+. The first kappa shape index (κ1) is 13.0. The maximum absolute atomic E-state index is 11.8. The minimum atomic E-state index is -0.154. The highest BCUT2D eigenvalue weighted by Gasteiger charge is 1.98. The van der Waals surface area contributed by atoms with Gasteiger partial charge in [-0.2, -0.15) is 0 Å². The molecule has 0 unspecified atom stereocenters. The van der Waals surface area contributed by atoms with Gasteiger partial charge >= 0.3 is 0 Å². The molecule has 0 fully saturated rings. The highest BCUT2D eigenvalue weighted by Crippen LogP contribution is 2.11. The molecule has 0 saturated carbocycles. The minimum Gasteiger partial charge on any atom is -0.323 e. The van der Waals surface area contributed by atoms with Crippen LogP contribution in [0.2, 0.25) is 0 Å². The molecule has 0 saturated heterocycles. The van der Waals surface area contributed by atoms with Gasteiger partial charge in [0, 0.05) is 18.0 Å². The lowest BCUT2D eigenvalue weighted by molar-refractivity contribution is -0.111. The van der Waals surface area contributed by atoms with Gasteiger partial charge in [0.2, 0.25) is 5.91 Å². The van der Waals surface area contributed by atoms with E-state index in [1.165, 1.54) is 11.6 Å². The van der Waals surface area contributed by atoms with Crippen molar-refractivity contribution < 1.29 is 4.79 Å². The fourth-order valence-electron chi connectivity index (χ4n) is 1.69. The number of nitrogens with one attached hydrogen (secondary N) is 1. The molecule has 1 heterocycles. The van der Waals surface area contributed by atoms with Crippen molar-refractivity contribution in [2.45, 2.75) is 13.3 Å². The summed E-state index contributed by atoms with van der Waals surface area (Å²) in [5, 5.41) is 2.83. The summed E-state index contributed by atoms with van der Waals surface area (Å²) >= 11 is 0. The number of anilines is 1. The van der Waals surface area contributed by atoms with E-state index in [2.05, 4.69) is 17.2 Å². The van der Waals surface area contributed by atoms with E-state index in [4.69, 9.17) is 0 Å². The third kappa shape index (κ3) is 4.07. The van der Waals surface area contributed by atoms with Crippen LogP contribution in [0.5, 0.6) is 0 Å². The number of pyridine rings is 1. The molecule has 0 aliphatic heterocycles. The first-order valence-corrected chi connectivity index (χ1v) is 6.27. The first-order valence-electron chi connectivity index (χ1n) is 6.27. The number of carbonyl (C=O) groups excluding carboxylic acids is 1. The Morgan fingerprint density at radius 2 is 2.16 bits per heavy atom. The fourth-order valence-corrected chi connectivity index (χ4v) is 1.69. The molecule has 3 nitrogen and oxygen atoms in total. The molecule has 0 aliphatic carbocycles. The van der Waals surface area contributed by atoms with Crippen LogP contribution in [0.4, 0.5) is 5.69 Å². The number of aryl methyl sites for hydroxylation is 1. The highest BCUT2D eigenvalue weighted by molar-refractivity contribution is 6.01. The molecule has 0 radical (unpaired) electrons. The van der Waals surface area contributed by atoms with Crippen LogP contribution in [0.3, 0.4) is 0 Å². The zero-order valence-corrected chi connectivity index (χ0v) is 10.8. The summed E-state index contributed by atoms with van der Waals surface area (Å²) < 4.78 is 0. The largest absolute Gasteiger partial charge is 0.323 e. The molecule has 0 atom stereocenters. The second-order valence-corrected chi connectivity index (χ2v) is 4.13. The van der Waals surface area contributed by atoms with Crippen LogP contribution in [0.25, 0.3) is 6.08 Å². The zero-order chi connectivity index (χ0) is 13.5. The number of aromatic nitrogens is 1. The van der Waals surface area contributed by atoms with Crippen LogP contribution in [0.1, 0.15) is 18.2 Å². The predicted molar refractivity (Wildman–Crippen MR) is 77.7 cm³/mol. The molecule has 0 spiro atoms. The Bertz CT molecular complexity index is 576. The molecule has 2 rings (SSSR count). The summed E-state index contributed by atoms with van der Waals surface area (Å²) in [6.07, 6.45) is 5.83. The summed E-state index contributed by atoms with van der Waals surface area (Å²) in [5.41, 5.74) is 2.78. The Hall–Kier alpha value is -2.42. The Morgan fingerprint density at radius 1 is 1.26 bits per heavy atom. The Morgan fingerprint density at radius 3 is 2.89 bits per heavy atom. The van der Waals surface area contributed by atoms with Crippen LogP contribution < -0.4 is 5.32 Å². The Labute approximate surface area is 113 Å². The molecule has 1 amide bonds. The number of benzene rings is 1. The summed E-state index contributed by atoms with van der Waals surface area (Å²) in [4.78, 5) is 15.9. The lowest BCUT2D eigenvalue weighted by Gasteiger charge is -2.03. The number of amides is 1. The third-order valence-corrected chi connectivity index (χ3v) is 2.70. The minimum absolute atomic E-state index is 0.154. The van der Waals surface area contributed by atoms with Gasteiger partial charge in [-0.1, -0.05) is 25.1 Å². The molecule has 1 aromatic heterocycles. The van der Waals surface area contributed by atoms with E-state index >= 15 is 0 Å². The number of carbonyl (C=O) groups is 1. The second kappa shape index (κ2) is 6.50. The van der Waals surface area contributed by atoms with Crippen molar-refractivity contribution in [3.8, 4) is 0 Å². The van der Waals surface area contributed by atoms with Gasteiger partial charge in [-0.15, -0.1) is 0 Å². The van der Waals surface area contributed by atoms with E-state index in [0.29, 0.717) is 0 Å². The SMILES string of the molecule is CCc1cccc(NC(=O)/C=C/c2ccccn2)c1. The average Bonchev–Trinajstić information content (AvgIpc) is 2.46. The van der Waals surface area contributed by atoms with E-state index in [-0.39, 0.29) is 5.91 Å². The maximum Gasteiger partial charge on any atom is 0.248 e. The van der Waals surface area contributed by atoms with E-state index in [1.807, 2.05) is 42.5 Å². The molecule has 1 aromatic carbocycles. The third-order valence-electron chi connectivity index (χ3n) is 2.70. The van der Waals surface area contributed by atoms with Crippen molar-refractivity contribution in [3.05, 3.63) is 66.0 Å². The molecule has 1 N–H and O–H groups in total. The van der Waals surface area contributed by atoms with Gasteiger partial charge in [0.15, 0.2) is 0 Å². The summed E-state index contributed by atoms with van der Waals surface area (Å²) in [5.74, 6) is -0.154. The van der Waals surface area contributed by atoms with Crippen molar-refractivity contribution >= 4 is 17.7 Å². The van der Waals surface area contributed by atoms with Crippen molar-refractivity contribution in [1.29, 1.82) is 0 Å². The molecule has 0 bridgehead atoms. The average molecular weight is 252 g/mol. The molecule has 19 heavy (non-hydrogen) atoms. The van der Waals surface area contributed by atoms with Crippen LogP contribution in [0.15, 0.2) is 54.7 Å². The van der Waals surface area contributed by atoms with Gasteiger partial charge < -0.3 is 5.32 Å². The number of nitrogens with zero attached hydrogens (tertiary/aromatic N) is 1. The van der Waals surface area contributed by atoms with Crippen molar-refractivity contribution in [2.24, 2.45) is 0 Å². The van der Waals surface area contributed by atoms with E-state index < -0.39 is 0 Å². The quantitative estimate of drug-likeness (QED) is 0.848. The van der Waals surface area contributed by atoms with Crippen LogP contribution in [0, 0.1) is 0 Å². The monoisotopic (exact) mass is 252 g/mol. The molecule has 0 aliphatic rings. The van der Waals surface area contributed by atoms with Gasteiger partial charge in [-0.25, -0.2) is 0 Å². The van der Waals surface area contributed by atoms with Crippen LogP contribution >= 0.6 is 0 Å². The van der Waals surface area contributed by atoms with Crippen LogP contribution in [-0.2, 0) is 11.2 Å². The lowest BCUT2D eigenvalue weighted by atomic mass is 10.1.